The van der Waals surface area contributed by atoms with Crippen LogP contribution in [0.1, 0.15) is 64.8 Å². The zero-order chi connectivity index (χ0) is 19.6. The molecule has 4 aliphatic carbocycles. The van der Waals surface area contributed by atoms with E-state index in [2.05, 4.69) is 29.6 Å². The van der Waals surface area contributed by atoms with Crippen molar-refractivity contribution in [1.29, 1.82) is 0 Å². The minimum absolute atomic E-state index is 0.197. The maximum Gasteiger partial charge on any atom is 0.263 e. The molecule has 1 heterocycles. The number of nitrogens with one attached hydrogen (secondary N) is 1. The van der Waals surface area contributed by atoms with Gasteiger partial charge in [0.1, 0.15) is 0 Å². The van der Waals surface area contributed by atoms with Gasteiger partial charge >= 0.3 is 0 Å². The predicted molar refractivity (Wildman–Crippen MR) is 112 cm³/mol. The highest BCUT2D eigenvalue weighted by molar-refractivity contribution is 6.21. The third-order valence-electron chi connectivity index (χ3n) is 7.85. The zero-order valence-electron chi connectivity index (χ0n) is 16.6. The molecule has 0 aromatic heterocycles. The average molecular weight is 386 g/mol. The maximum absolute atomic E-state index is 12.5. The van der Waals surface area contributed by atoms with Crippen molar-refractivity contribution in [3.8, 4) is 0 Å². The Balaban J connectivity index is 1.16. The van der Waals surface area contributed by atoms with Gasteiger partial charge in [-0.05, 0) is 91.5 Å². The van der Waals surface area contributed by atoms with Gasteiger partial charge in [-0.25, -0.2) is 0 Å². The first-order chi connectivity index (χ1) is 14.1. The van der Waals surface area contributed by atoms with Gasteiger partial charge in [-0.2, -0.15) is 0 Å². The average Bonchev–Trinajstić information content (AvgIpc) is 2.96. The van der Waals surface area contributed by atoms with Gasteiger partial charge in [0, 0.05) is 5.69 Å². The van der Waals surface area contributed by atoms with Crippen molar-refractivity contribution in [2.45, 2.75) is 43.9 Å². The number of imide groups is 1. The molecule has 148 valence electrons. The highest BCUT2D eigenvalue weighted by atomic mass is 16.2. The van der Waals surface area contributed by atoms with E-state index in [1.165, 1.54) is 49.0 Å². The fourth-order valence-corrected chi connectivity index (χ4v) is 6.96. The summed E-state index contributed by atoms with van der Waals surface area (Å²) in [5.41, 5.74) is 3.83. The number of amides is 2. The van der Waals surface area contributed by atoms with E-state index in [0.29, 0.717) is 16.5 Å². The molecular weight excluding hydrogens is 360 g/mol. The predicted octanol–water partition coefficient (Wildman–Crippen LogP) is 4.82. The van der Waals surface area contributed by atoms with Crippen LogP contribution in [0.5, 0.6) is 0 Å². The topological polar surface area (TPSA) is 49.4 Å². The van der Waals surface area contributed by atoms with Crippen LogP contribution >= 0.6 is 0 Å². The lowest BCUT2D eigenvalue weighted by molar-refractivity contribution is -0.00518. The first-order valence-electron chi connectivity index (χ1n) is 10.9. The van der Waals surface area contributed by atoms with Crippen molar-refractivity contribution in [1.82, 2.24) is 4.90 Å². The smallest absolute Gasteiger partial charge is 0.263 e. The molecule has 1 N–H and O–H groups in total. The van der Waals surface area contributed by atoms with E-state index >= 15 is 0 Å². The molecule has 4 heteroatoms. The van der Waals surface area contributed by atoms with E-state index in [0.717, 1.165) is 23.4 Å². The van der Waals surface area contributed by atoms with Gasteiger partial charge in [0.05, 0.1) is 17.8 Å². The summed E-state index contributed by atoms with van der Waals surface area (Å²) in [6.45, 7) is 0.197. The maximum atomic E-state index is 12.5. The number of carbonyl (C=O) groups is 2. The molecule has 0 radical (unpaired) electrons. The van der Waals surface area contributed by atoms with Gasteiger partial charge < -0.3 is 5.32 Å². The minimum atomic E-state index is -0.219. The molecule has 0 spiro atoms. The molecule has 2 aromatic rings. The second-order valence-corrected chi connectivity index (χ2v) is 9.69. The monoisotopic (exact) mass is 386 g/mol. The van der Waals surface area contributed by atoms with Crippen LogP contribution in [-0.2, 0) is 5.41 Å². The van der Waals surface area contributed by atoms with E-state index in [1.54, 1.807) is 24.3 Å². The molecule has 0 unspecified atom stereocenters. The summed E-state index contributed by atoms with van der Waals surface area (Å²) < 4.78 is 0. The first-order valence-corrected chi connectivity index (χ1v) is 10.9. The number of rotatable bonds is 4. The SMILES string of the molecule is O=C1c2ccccc2C(=O)N1CNc1ccc(C23CC4CC(CC(C4)C2)C3)cc1. The van der Waals surface area contributed by atoms with Crippen molar-refractivity contribution in [2.75, 3.05) is 12.0 Å². The number of carbonyl (C=O) groups excluding carboxylic acids is 2. The number of nitrogens with zero attached hydrogens (tertiary/aromatic N) is 1. The van der Waals surface area contributed by atoms with Crippen LogP contribution in [0.3, 0.4) is 0 Å². The van der Waals surface area contributed by atoms with Gasteiger partial charge in [-0.3, -0.25) is 14.5 Å². The molecule has 5 aliphatic rings. The molecule has 29 heavy (non-hydrogen) atoms. The Morgan fingerprint density at radius 1 is 0.793 bits per heavy atom. The second-order valence-electron chi connectivity index (χ2n) is 9.69. The van der Waals surface area contributed by atoms with E-state index < -0.39 is 0 Å². The molecule has 1 aliphatic heterocycles. The number of benzene rings is 2. The van der Waals surface area contributed by atoms with Gasteiger partial charge in [0.2, 0.25) is 0 Å². The normalized spacial score (nSPS) is 32.0. The fraction of sp³-hybridized carbons (Fsp3) is 0.440. The van der Waals surface area contributed by atoms with Crippen LogP contribution in [0.4, 0.5) is 5.69 Å². The van der Waals surface area contributed by atoms with Gasteiger partial charge in [0.25, 0.3) is 11.8 Å². The summed E-state index contributed by atoms with van der Waals surface area (Å²) >= 11 is 0. The summed E-state index contributed by atoms with van der Waals surface area (Å²) in [5.74, 6) is 2.38. The molecule has 2 amide bonds. The van der Waals surface area contributed by atoms with Crippen LogP contribution in [0, 0.1) is 17.8 Å². The Bertz CT molecular complexity index is 924. The third-order valence-corrected chi connectivity index (χ3v) is 7.85. The number of fused-ring (bicyclic) bond motifs is 1. The summed E-state index contributed by atoms with van der Waals surface area (Å²) in [6, 6.07) is 15.8. The summed E-state index contributed by atoms with van der Waals surface area (Å²) in [5, 5.41) is 3.27. The lowest BCUT2D eigenvalue weighted by Crippen LogP contribution is -2.48. The Morgan fingerprint density at radius 3 is 1.83 bits per heavy atom. The Hall–Kier alpha value is -2.62. The minimum Gasteiger partial charge on any atom is -0.367 e. The quantitative estimate of drug-likeness (QED) is 0.767. The van der Waals surface area contributed by atoms with E-state index in [-0.39, 0.29) is 18.5 Å². The summed E-state index contributed by atoms with van der Waals surface area (Å²) in [4.78, 5) is 26.3. The zero-order valence-corrected chi connectivity index (χ0v) is 16.6. The molecule has 4 fully saturated rings. The van der Waals surface area contributed by atoms with Crippen molar-refractivity contribution >= 4 is 17.5 Å². The lowest BCUT2D eigenvalue weighted by Gasteiger charge is -2.57. The molecular formula is C25H26N2O2. The molecule has 0 saturated heterocycles. The first kappa shape index (κ1) is 17.3. The highest BCUT2D eigenvalue weighted by Gasteiger charge is 2.51. The van der Waals surface area contributed by atoms with E-state index in [4.69, 9.17) is 0 Å². The molecule has 0 atom stereocenters. The molecule has 7 rings (SSSR count). The van der Waals surface area contributed by atoms with Crippen LogP contribution < -0.4 is 5.32 Å². The molecule has 4 nitrogen and oxygen atoms in total. The van der Waals surface area contributed by atoms with Crippen molar-refractivity contribution in [3.05, 3.63) is 65.2 Å². The Labute approximate surface area is 171 Å². The summed E-state index contributed by atoms with van der Waals surface area (Å²) in [6.07, 6.45) is 8.46. The van der Waals surface area contributed by atoms with Crippen molar-refractivity contribution in [3.63, 3.8) is 0 Å². The molecule has 2 aromatic carbocycles. The number of hydrogen-bond acceptors (Lipinski definition) is 3. The standard InChI is InChI=1S/C25H26N2O2/c28-23-21-3-1-2-4-22(21)24(29)27(23)15-26-20-7-5-19(6-8-20)25-12-16-9-17(13-25)11-18(10-16)14-25/h1-8,16-18,26H,9-15H2. The van der Waals surface area contributed by atoms with Gasteiger partial charge in [0.15, 0.2) is 0 Å². The van der Waals surface area contributed by atoms with Crippen LogP contribution in [0.2, 0.25) is 0 Å². The van der Waals surface area contributed by atoms with Crippen LogP contribution in [-0.4, -0.2) is 23.4 Å². The van der Waals surface area contributed by atoms with Crippen molar-refractivity contribution in [2.24, 2.45) is 17.8 Å². The largest absolute Gasteiger partial charge is 0.367 e. The lowest BCUT2D eigenvalue weighted by atomic mass is 9.48. The number of anilines is 1. The fourth-order valence-electron chi connectivity index (χ4n) is 6.96. The second kappa shape index (κ2) is 6.19. The Kier molecular flexibility index (Phi) is 3.68. The Morgan fingerprint density at radius 2 is 1.31 bits per heavy atom. The van der Waals surface area contributed by atoms with E-state index in [1.807, 2.05) is 0 Å². The molecule has 4 saturated carbocycles. The van der Waals surface area contributed by atoms with Crippen molar-refractivity contribution < 1.29 is 9.59 Å². The van der Waals surface area contributed by atoms with Gasteiger partial charge in [-0.15, -0.1) is 0 Å². The highest BCUT2D eigenvalue weighted by Crippen LogP contribution is 2.60. The van der Waals surface area contributed by atoms with Crippen LogP contribution in [0.15, 0.2) is 48.5 Å². The van der Waals surface area contributed by atoms with Gasteiger partial charge in [-0.1, -0.05) is 24.3 Å². The number of hydrogen-bond donors (Lipinski definition) is 1. The summed E-state index contributed by atoms with van der Waals surface area (Å²) in [7, 11) is 0. The van der Waals surface area contributed by atoms with Crippen LogP contribution in [0.25, 0.3) is 0 Å². The molecule has 4 bridgehead atoms. The third kappa shape index (κ3) is 2.65. The van der Waals surface area contributed by atoms with E-state index in [9.17, 15) is 9.59 Å².